The van der Waals surface area contributed by atoms with Gasteiger partial charge >= 0.3 is 0 Å². The number of hydrogen-bond donors (Lipinski definition) is 2. The van der Waals surface area contributed by atoms with Crippen LogP contribution in [0.15, 0.2) is 6.20 Å². The highest BCUT2D eigenvalue weighted by atomic mass is 16.2. The van der Waals surface area contributed by atoms with E-state index >= 15 is 0 Å². The predicted octanol–water partition coefficient (Wildman–Crippen LogP) is 2.98. The Balaban J connectivity index is 1.56. The summed E-state index contributed by atoms with van der Waals surface area (Å²) in [7, 11) is 4.15. The number of aromatic amines is 1. The van der Waals surface area contributed by atoms with Crippen molar-refractivity contribution in [2.75, 3.05) is 40.3 Å². The van der Waals surface area contributed by atoms with Crippen LogP contribution in [0.25, 0.3) is 0 Å². The maximum atomic E-state index is 13.1. The number of carbonyl (C=O) groups is 1. The molecule has 1 aromatic rings. The van der Waals surface area contributed by atoms with Crippen LogP contribution in [0.5, 0.6) is 0 Å². The number of likely N-dealkylation sites (N-methyl/N-ethyl adjacent to an activating group) is 2. The lowest BCUT2D eigenvalue weighted by Crippen LogP contribution is -2.38. The lowest BCUT2D eigenvalue weighted by molar-refractivity contribution is -0.137. The summed E-state index contributed by atoms with van der Waals surface area (Å²) in [6, 6.07) is 0. The zero-order valence-electron chi connectivity index (χ0n) is 18.3. The van der Waals surface area contributed by atoms with Gasteiger partial charge in [-0.05, 0) is 58.5 Å². The van der Waals surface area contributed by atoms with Gasteiger partial charge in [-0.3, -0.25) is 9.89 Å². The summed E-state index contributed by atoms with van der Waals surface area (Å²) in [5.74, 6) is 1.58. The van der Waals surface area contributed by atoms with E-state index in [4.69, 9.17) is 0 Å². The molecule has 2 fully saturated rings. The second-order valence-corrected chi connectivity index (χ2v) is 9.42. The average molecular weight is 390 g/mol. The first kappa shape index (κ1) is 21.3. The van der Waals surface area contributed by atoms with Gasteiger partial charge in [-0.25, -0.2) is 0 Å². The minimum absolute atomic E-state index is 0.0759. The third-order valence-corrected chi connectivity index (χ3v) is 6.84. The van der Waals surface area contributed by atoms with Gasteiger partial charge in [0.25, 0.3) is 0 Å². The minimum Gasteiger partial charge on any atom is -0.342 e. The molecule has 1 saturated carbocycles. The van der Waals surface area contributed by atoms with Crippen LogP contribution in [0.3, 0.4) is 0 Å². The highest BCUT2D eigenvalue weighted by Crippen LogP contribution is 2.49. The lowest BCUT2D eigenvalue weighted by atomic mass is 9.68. The van der Waals surface area contributed by atoms with E-state index in [1.165, 1.54) is 11.3 Å². The van der Waals surface area contributed by atoms with E-state index in [1.54, 1.807) is 0 Å². The Morgan fingerprint density at radius 2 is 2.11 bits per heavy atom. The summed E-state index contributed by atoms with van der Waals surface area (Å²) in [6.07, 6.45) is 8.44. The second-order valence-electron chi connectivity index (χ2n) is 9.42. The van der Waals surface area contributed by atoms with Gasteiger partial charge in [-0.2, -0.15) is 5.10 Å². The SMILES string of the molecule is CNCCN(C)Cc1c[nH]nc1[C@H]1CC[C@]2(CCN(CCC(C)C)C2=O)CC1. The number of aromatic nitrogens is 2. The van der Waals surface area contributed by atoms with Crippen molar-refractivity contribution in [2.45, 2.75) is 64.8 Å². The Kier molecular flexibility index (Phi) is 7.15. The van der Waals surface area contributed by atoms with Gasteiger partial charge in [0.05, 0.1) is 11.1 Å². The zero-order valence-corrected chi connectivity index (χ0v) is 18.3. The predicted molar refractivity (Wildman–Crippen MR) is 113 cm³/mol. The summed E-state index contributed by atoms with van der Waals surface area (Å²) < 4.78 is 0. The Hall–Kier alpha value is -1.40. The third-order valence-electron chi connectivity index (χ3n) is 6.84. The fraction of sp³-hybridized carbons (Fsp3) is 0.818. The first-order chi connectivity index (χ1) is 13.4. The van der Waals surface area contributed by atoms with Gasteiger partial charge in [-0.15, -0.1) is 0 Å². The molecule has 3 rings (SSSR count). The molecule has 1 aliphatic carbocycles. The molecule has 1 spiro atoms. The fourth-order valence-electron chi connectivity index (χ4n) is 4.91. The standard InChI is InChI=1S/C22H39N5O/c1-17(2)7-12-27-13-10-22(21(27)28)8-5-18(6-9-22)20-19(15-24-25-20)16-26(4)14-11-23-3/h15,17-18,23H,5-14,16H2,1-4H3,(H,24,25)/t18-,22+. The van der Waals surface area contributed by atoms with E-state index in [2.05, 4.69) is 52.4 Å². The number of nitrogens with one attached hydrogen (secondary N) is 2. The van der Waals surface area contributed by atoms with Gasteiger partial charge in [0.1, 0.15) is 0 Å². The first-order valence-corrected chi connectivity index (χ1v) is 11.1. The van der Waals surface area contributed by atoms with Crippen molar-refractivity contribution >= 4 is 5.91 Å². The van der Waals surface area contributed by atoms with E-state index < -0.39 is 0 Å². The Morgan fingerprint density at radius 3 is 2.79 bits per heavy atom. The fourth-order valence-corrected chi connectivity index (χ4v) is 4.91. The van der Waals surface area contributed by atoms with Crippen LogP contribution < -0.4 is 5.32 Å². The number of H-pyrrole nitrogens is 1. The Bertz CT molecular complexity index is 633. The maximum Gasteiger partial charge on any atom is 0.228 e. The summed E-state index contributed by atoms with van der Waals surface area (Å²) >= 11 is 0. The summed E-state index contributed by atoms with van der Waals surface area (Å²) in [6.45, 7) is 9.31. The summed E-state index contributed by atoms with van der Waals surface area (Å²) in [4.78, 5) is 17.6. The normalized spacial score (nSPS) is 25.6. The van der Waals surface area contributed by atoms with Crippen molar-refractivity contribution in [1.82, 2.24) is 25.3 Å². The number of hydrogen-bond acceptors (Lipinski definition) is 4. The van der Waals surface area contributed by atoms with Gasteiger partial charge in [0.2, 0.25) is 5.91 Å². The van der Waals surface area contributed by atoms with Gasteiger partial charge in [0.15, 0.2) is 0 Å². The molecule has 158 valence electrons. The molecule has 0 unspecified atom stereocenters. The topological polar surface area (TPSA) is 64.3 Å². The highest BCUT2D eigenvalue weighted by molar-refractivity contribution is 5.85. The molecule has 2 aliphatic rings. The van der Waals surface area contributed by atoms with Crippen LogP contribution in [0.4, 0.5) is 0 Å². The molecule has 6 nitrogen and oxygen atoms in total. The Labute approximate surface area is 170 Å². The van der Waals surface area contributed by atoms with Crippen LogP contribution >= 0.6 is 0 Å². The lowest BCUT2D eigenvalue weighted by Gasteiger charge is -2.35. The molecule has 1 amide bonds. The van der Waals surface area contributed by atoms with Crippen molar-refractivity contribution in [3.05, 3.63) is 17.5 Å². The molecule has 1 aliphatic heterocycles. The quantitative estimate of drug-likeness (QED) is 0.681. The zero-order chi connectivity index (χ0) is 20.1. The molecule has 2 heterocycles. The van der Waals surface area contributed by atoms with E-state index in [1.807, 2.05) is 7.05 Å². The molecule has 2 N–H and O–H groups in total. The number of rotatable bonds is 9. The average Bonchev–Trinajstić information content (AvgIpc) is 3.25. The molecule has 6 heteroatoms. The summed E-state index contributed by atoms with van der Waals surface area (Å²) in [5, 5.41) is 10.9. The third kappa shape index (κ3) is 4.77. The smallest absolute Gasteiger partial charge is 0.228 e. The first-order valence-electron chi connectivity index (χ1n) is 11.1. The van der Waals surface area contributed by atoms with E-state index in [0.29, 0.717) is 17.7 Å². The van der Waals surface area contributed by atoms with Crippen LogP contribution in [0, 0.1) is 11.3 Å². The van der Waals surface area contributed by atoms with E-state index in [9.17, 15) is 4.79 Å². The molecule has 1 saturated heterocycles. The van der Waals surface area contributed by atoms with Crippen molar-refractivity contribution < 1.29 is 4.79 Å². The number of amides is 1. The maximum absolute atomic E-state index is 13.1. The summed E-state index contributed by atoms with van der Waals surface area (Å²) in [5.41, 5.74) is 2.47. The molecule has 28 heavy (non-hydrogen) atoms. The molecule has 1 aromatic heterocycles. The van der Waals surface area contributed by atoms with Crippen LogP contribution in [-0.2, 0) is 11.3 Å². The second kappa shape index (κ2) is 9.40. The molecular formula is C22H39N5O. The van der Waals surface area contributed by atoms with E-state index in [-0.39, 0.29) is 5.41 Å². The molecule has 0 atom stereocenters. The van der Waals surface area contributed by atoms with Crippen molar-refractivity contribution in [1.29, 1.82) is 0 Å². The van der Waals surface area contributed by atoms with Crippen molar-refractivity contribution in [3.63, 3.8) is 0 Å². The highest BCUT2D eigenvalue weighted by Gasteiger charge is 2.48. The Morgan fingerprint density at radius 1 is 1.36 bits per heavy atom. The number of likely N-dealkylation sites (tertiary alicyclic amines) is 1. The number of nitrogens with zero attached hydrogens (tertiary/aromatic N) is 3. The van der Waals surface area contributed by atoms with Crippen molar-refractivity contribution in [3.8, 4) is 0 Å². The molecule has 0 bridgehead atoms. The molecular weight excluding hydrogens is 350 g/mol. The van der Waals surface area contributed by atoms with E-state index in [0.717, 1.165) is 71.2 Å². The largest absolute Gasteiger partial charge is 0.342 e. The van der Waals surface area contributed by atoms with Crippen LogP contribution in [0.1, 0.15) is 69.5 Å². The minimum atomic E-state index is -0.0759. The van der Waals surface area contributed by atoms with Gasteiger partial charge in [0, 0.05) is 50.4 Å². The number of carbonyl (C=O) groups excluding carboxylic acids is 1. The van der Waals surface area contributed by atoms with Crippen molar-refractivity contribution in [2.24, 2.45) is 11.3 Å². The van der Waals surface area contributed by atoms with Gasteiger partial charge < -0.3 is 15.1 Å². The van der Waals surface area contributed by atoms with Gasteiger partial charge in [-0.1, -0.05) is 13.8 Å². The monoisotopic (exact) mass is 389 g/mol. The van der Waals surface area contributed by atoms with Crippen LogP contribution in [-0.4, -0.2) is 66.2 Å². The molecule has 0 aromatic carbocycles. The molecule has 0 radical (unpaired) electrons. The van der Waals surface area contributed by atoms with Crippen LogP contribution in [0.2, 0.25) is 0 Å².